The van der Waals surface area contributed by atoms with Crippen molar-refractivity contribution in [1.82, 2.24) is 9.55 Å². The second kappa shape index (κ2) is 5.96. The van der Waals surface area contributed by atoms with Gasteiger partial charge in [-0.25, -0.2) is 4.98 Å². The molecule has 0 amide bonds. The summed E-state index contributed by atoms with van der Waals surface area (Å²) in [7, 11) is 0. The van der Waals surface area contributed by atoms with Crippen molar-refractivity contribution in [1.29, 1.82) is 0 Å². The molecule has 3 nitrogen and oxygen atoms in total. The molecule has 0 atom stereocenters. The van der Waals surface area contributed by atoms with Crippen LogP contribution in [-0.4, -0.2) is 14.9 Å². The van der Waals surface area contributed by atoms with Crippen LogP contribution < -0.4 is 5.56 Å². The quantitative estimate of drug-likeness (QED) is 0.599. The first-order valence-corrected chi connectivity index (χ1v) is 5.95. The highest BCUT2D eigenvalue weighted by molar-refractivity contribution is 9.09. The van der Waals surface area contributed by atoms with E-state index in [1.165, 1.54) is 0 Å². The molecular formula is C10H15BrN2O. The molecule has 0 radical (unpaired) electrons. The van der Waals surface area contributed by atoms with Crippen LogP contribution in [0.3, 0.4) is 0 Å². The lowest BCUT2D eigenvalue weighted by Gasteiger charge is -2.03. The number of hydrogen-bond acceptors (Lipinski definition) is 2. The number of aryl methyl sites for hydroxylation is 2. The second-order valence-electron chi connectivity index (χ2n) is 3.31. The van der Waals surface area contributed by atoms with E-state index >= 15 is 0 Å². The summed E-state index contributed by atoms with van der Waals surface area (Å²) in [4.78, 5) is 15.5. The maximum Gasteiger partial charge on any atom is 0.253 e. The summed E-state index contributed by atoms with van der Waals surface area (Å²) < 4.78 is 1.67. The van der Waals surface area contributed by atoms with Gasteiger partial charge in [0.15, 0.2) is 0 Å². The largest absolute Gasteiger partial charge is 0.299 e. The molecular weight excluding hydrogens is 244 g/mol. The van der Waals surface area contributed by atoms with E-state index < -0.39 is 0 Å². The Balaban J connectivity index is 2.47. The van der Waals surface area contributed by atoms with E-state index in [1.807, 2.05) is 6.92 Å². The lowest BCUT2D eigenvalue weighted by molar-refractivity contribution is 0.580. The highest BCUT2D eigenvalue weighted by atomic mass is 79.9. The normalized spacial score (nSPS) is 10.4. The van der Waals surface area contributed by atoms with Crippen molar-refractivity contribution in [3.05, 3.63) is 28.4 Å². The lowest BCUT2D eigenvalue weighted by atomic mass is 10.2. The molecule has 0 aromatic carbocycles. The van der Waals surface area contributed by atoms with Crippen molar-refractivity contribution in [3.8, 4) is 0 Å². The van der Waals surface area contributed by atoms with Crippen molar-refractivity contribution in [2.75, 3.05) is 5.33 Å². The van der Waals surface area contributed by atoms with Crippen molar-refractivity contribution < 1.29 is 0 Å². The van der Waals surface area contributed by atoms with E-state index in [-0.39, 0.29) is 5.56 Å². The fourth-order valence-corrected chi connectivity index (χ4v) is 1.63. The average molecular weight is 259 g/mol. The molecule has 0 unspecified atom stereocenters. The average Bonchev–Trinajstić information content (AvgIpc) is 2.15. The molecule has 1 heterocycles. The van der Waals surface area contributed by atoms with E-state index in [1.54, 1.807) is 17.0 Å². The highest BCUT2D eigenvalue weighted by Gasteiger charge is 1.96. The molecule has 0 saturated heterocycles. The molecule has 4 heteroatoms. The summed E-state index contributed by atoms with van der Waals surface area (Å²) in [5.41, 5.74) is 0.836. The van der Waals surface area contributed by atoms with Gasteiger partial charge in [-0.05, 0) is 19.8 Å². The number of unbranched alkanes of at least 4 members (excludes halogenated alkanes) is 2. The number of alkyl halides is 1. The van der Waals surface area contributed by atoms with Gasteiger partial charge in [0.2, 0.25) is 0 Å². The molecule has 0 fully saturated rings. The number of aromatic nitrogens is 2. The van der Waals surface area contributed by atoms with Crippen LogP contribution in [0.5, 0.6) is 0 Å². The molecule has 0 aliphatic rings. The van der Waals surface area contributed by atoms with Gasteiger partial charge in [-0.15, -0.1) is 0 Å². The van der Waals surface area contributed by atoms with E-state index in [0.717, 1.165) is 36.8 Å². The van der Waals surface area contributed by atoms with Crippen LogP contribution in [0.25, 0.3) is 0 Å². The first kappa shape index (κ1) is 11.4. The first-order chi connectivity index (χ1) is 6.74. The SMILES string of the molecule is Cc1cc(=O)n(CCCCCBr)cn1. The number of rotatable bonds is 5. The van der Waals surface area contributed by atoms with E-state index in [0.29, 0.717) is 0 Å². The van der Waals surface area contributed by atoms with Crippen molar-refractivity contribution >= 4 is 15.9 Å². The maximum atomic E-state index is 11.4. The zero-order valence-electron chi connectivity index (χ0n) is 8.37. The number of nitrogens with zero attached hydrogens (tertiary/aromatic N) is 2. The Kier molecular flexibility index (Phi) is 4.87. The smallest absolute Gasteiger partial charge is 0.253 e. The minimum atomic E-state index is 0.0522. The van der Waals surface area contributed by atoms with Gasteiger partial charge in [0.05, 0.1) is 6.33 Å². The summed E-state index contributed by atoms with van der Waals surface area (Å²) >= 11 is 3.38. The van der Waals surface area contributed by atoms with E-state index in [4.69, 9.17) is 0 Å². The zero-order valence-corrected chi connectivity index (χ0v) is 9.96. The van der Waals surface area contributed by atoms with Gasteiger partial charge in [0.1, 0.15) is 0 Å². The molecule has 1 rings (SSSR count). The first-order valence-electron chi connectivity index (χ1n) is 4.83. The predicted octanol–water partition coefficient (Wildman–Crippen LogP) is 2.12. The summed E-state index contributed by atoms with van der Waals surface area (Å²) in [6.07, 6.45) is 4.97. The van der Waals surface area contributed by atoms with Gasteiger partial charge in [0, 0.05) is 23.6 Å². The molecule has 1 aromatic heterocycles. The molecule has 0 spiro atoms. The van der Waals surface area contributed by atoms with Crippen LogP contribution >= 0.6 is 15.9 Å². The van der Waals surface area contributed by atoms with Crippen LogP contribution in [0.4, 0.5) is 0 Å². The summed E-state index contributed by atoms with van der Waals surface area (Å²) in [6.45, 7) is 2.61. The molecule has 0 aliphatic carbocycles. The van der Waals surface area contributed by atoms with Crippen LogP contribution in [-0.2, 0) is 6.54 Å². The van der Waals surface area contributed by atoms with Crippen LogP contribution in [0, 0.1) is 6.92 Å². The molecule has 0 bridgehead atoms. The molecule has 14 heavy (non-hydrogen) atoms. The van der Waals surface area contributed by atoms with Crippen LogP contribution in [0.2, 0.25) is 0 Å². The van der Waals surface area contributed by atoms with Crippen LogP contribution in [0.1, 0.15) is 25.0 Å². The minimum absolute atomic E-state index is 0.0522. The molecule has 0 N–H and O–H groups in total. The highest BCUT2D eigenvalue weighted by Crippen LogP contribution is 1.99. The van der Waals surface area contributed by atoms with Gasteiger partial charge in [-0.3, -0.25) is 9.36 Å². The fourth-order valence-electron chi connectivity index (χ4n) is 1.24. The summed E-state index contributed by atoms with van der Waals surface area (Å²) in [6, 6.07) is 1.57. The van der Waals surface area contributed by atoms with Crippen molar-refractivity contribution in [2.45, 2.75) is 32.7 Å². The Labute approximate surface area is 92.3 Å². The summed E-state index contributed by atoms with van der Waals surface area (Å²) in [5, 5.41) is 1.04. The van der Waals surface area contributed by atoms with E-state index in [9.17, 15) is 4.79 Å². The van der Waals surface area contributed by atoms with Crippen molar-refractivity contribution in [3.63, 3.8) is 0 Å². The second-order valence-corrected chi connectivity index (χ2v) is 4.10. The monoisotopic (exact) mass is 258 g/mol. The molecule has 1 aromatic rings. The standard InChI is InChI=1S/C10H15BrN2O/c1-9-7-10(14)13(8-12-9)6-4-2-3-5-11/h7-8H,2-6H2,1H3. The lowest BCUT2D eigenvalue weighted by Crippen LogP contribution is -2.19. The third kappa shape index (κ3) is 3.62. The maximum absolute atomic E-state index is 11.4. The Bertz CT molecular complexity index is 335. The van der Waals surface area contributed by atoms with Crippen LogP contribution in [0.15, 0.2) is 17.2 Å². The van der Waals surface area contributed by atoms with Gasteiger partial charge in [0.25, 0.3) is 5.56 Å². The number of hydrogen-bond donors (Lipinski definition) is 0. The molecule has 0 saturated carbocycles. The zero-order chi connectivity index (χ0) is 10.4. The molecule has 0 aliphatic heterocycles. The Morgan fingerprint density at radius 1 is 1.43 bits per heavy atom. The van der Waals surface area contributed by atoms with Gasteiger partial charge < -0.3 is 0 Å². The third-order valence-corrected chi connectivity index (χ3v) is 2.61. The van der Waals surface area contributed by atoms with Gasteiger partial charge in [-0.1, -0.05) is 22.4 Å². The topological polar surface area (TPSA) is 34.9 Å². The fraction of sp³-hybridized carbons (Fsp3) is 0.600. The Morgan fingerprint density at radius 2 is 2.21 bits per heavy atom. The number of halogens is 1. The third-order valence-electron chi connectivity index (χ3n) is 2.05. The van der Waals surface area contributed by atoms with Gasteiger partial charge in [-0.2, -0.15) is 0 Å². The van der Waals surface area contributed by atoms with E-state index in [2.05, 4.69) is 20.9 Å². The predicted molar refractivity (Wildman–Crippen MR) is 60.9 cm³/mol. The Morgan fingerprint density at radius 3 is 2.86 bits per heavy atom. The van der Waals surface area contributed by atoms with Gasteiger partial charge >= 0.3 is 0 Å². The molecule has 78 valence electrons. The van der Waals surface area contributed by atoms with Crippen molar-refractivity contribution in [2.24, 2.45) is 0 Å². The summed E-state index contributed by atoms with van der Waals surface area (Å²) in [5.74, 6) is 0. The minimum Gasteiger partial charge on any atom is -0.299 e. The Hall–Kier alpha value is -0.640.